The van der Waals surface area contributed by atoms with E-state index in [0.29, 0.717) is 12.5 Å². The molecule has 1 heterocycles. The van der Waals surface area contributed by atoms with Gasteiger partial charge in [0.1, 0.15) is 5.75 Å². The number of hydrogen-bond acceptors (Lipinski definition) is 4. The molecule has 0 amide bonds. The van der Waals surface area contributed by atoms with Gasteiger partial charge in [0.25, 0.3) is 0 Å². The Bertz CT molecular complexity index is 602. The lowest BCUT2D eigenvalue weighted by atomic mass is 9.94. The molecule has 1 aromatic carbocycles. The van der Waals surface area contributed by atoms with Crippen molar-refractivity contribution in [3.05, 3.63) is 29.8 Å². The topological polar surface area (TPSA) is 64.1 Å². The van der Waals surface area contributed by atoms with Crippen LogP contribution in [0.1, 0.15) is 52.1 Å². The Morgan fingerprint density at radius 1 is 1.17 bits per heavy atom. The van der Waals surface area contributed by atoms with Crippen LogP contribution in [0.4, 0.5) is 0 Å². The zero-order valence-corrected chi connectivity index (χ0v) is 20.8. The van der Waals surface area contributed by atoms with E-state index in [9.17, 15) is 0 Å². The van der Waals surface area contributed by atoms with E-state index in [2.05, 4.69) is 50.5 Å². The van der Waals surface area contributed by atoms with Crippen LogP contribution in [0.5, 0.6) is 5.75 Å². The van der Waals surface area contributed by atoms with Crippen molar-refractivity contribution >= 4 is 29.9 Å². The molecule has 1 atom stereocenters. The van der Waals surface area contributed by atoms with Crippen molar-refractivity contribution in [1.29, 1.82) is 0 Å². The van der Waals surface area contributed by atoms with Crippen molar-refractivity contribution in [2.45, 2.75) is 52.2 Å². The molecule has 1 aliphatic rings. The monoisotopic (exact) mass is 519 g/mol. The summed E-state index contributed by atoms with van der Waals surface area (Å²) in [6.45, 7) is 12.1. The highest BCUT2D eigenvalue weighted by Crippen LogP contribution is 2.25. The van der Waals surface area contributed by atoms with Crippen molar-refractivity contribution < 1.29 is 14.2 Å². The second kappa shape index (κ2) is 13.3. The third-order valence-corrected chi connectivity index (χ3v) is 5.02. The van der Waals surface area contributed by atoms with E-state index in [1.54, 1.807) is 7.11 Å². The summed E-state index contributed by atoms with van der Waals surface area (Å²) in [4.78, 5) is 4.80. The first-order chi connectivity index (χ1) is 13.5. The van der Waals surface area contributed by atoms with Gasteiger partial charge in [-0.3, -0.25) is 4.99 Å². The van der Waals surface area contributed by atoms with Crippen LogP contribution in [0.15, 0.2) is 29.3 Å². The number of aliphatic imine (C=N–C) groups is 1. The maximum absolute atomic E-state index is 5.79. The van der Waals surface area contributed by atoms with Gasteiger partial charge in [-0.1, -0.05) is 26.0 Å². The maximum Gasteiger partial charge on any atom is 0.191 e. The molecule has 0 saturated carbocycles. The molecule has 1 unspecified atom stereocenters. The van der Waals surface area contributed by atoms with E-state index in [4.69, 9.17) is 19.2 Å². The van der Waals surface area contributed by atoms with Gasteiger partial charge in [-0.2, -0.15) is 0 Å². The molecule has 0 radical (unpaired) electrons. The highest BCUT2D eigenvalue weighted by atomic mass is 127. The fraction of sp³-hybridized carbons (Fsp3) is 0.682. The predicted octanol–water partition coefficient (Wildman–Crippen LogP) is 4.15. The first kappa shape index (κ1) is 26.0. The maximum atomic E-state index is 5.79. The van der Waals surface area contributed by atoms with Gasteiger partial charge in [0.05, 0.1) is 24.8 Å². The number of rotatable bonds is 9. The normalized spacial score (nSPS) is 17.4. The number of guanidine groups is 1. The molecule has 6 nitrogen and oxygen atoms in total. The quantitative estimate of drug-likeness (QED) is 0.292. The van der Waals surface area contributed by atoms with Crippen LogP contribution >= 0.6 is 24.0 Å². The van der Waals surface area contributed by atoms with Gasteiger partial charge in [-0.25, -0.2) is 0 Å². The average Bonchev–Trinajstić information content (AvgIpc) is 2.71. The molecular formula is C22H38IN3O3. The highest BCUT2D eigenvalue weighted by Gasteiger charge is 2.32. The number of nitrogens with zero attached hydrogens (tertiary/aromatic N) is 1. The first-order valence-corrected chi connectivity index (χ1v) is 10.4. The zero-order valence-electron chi connectivity index (χ0n) is 18.5. The van der Waals surface area contributed by atoms with Crippen molar-refractivity contribution in [3.8, 4) is 5.75 Å². The lowest BCUT2D eigenvalue weighted by Crippen LogP contribution is -2.44. The molecule has 0 spiro atoms. The summed E-state index contributed by atoms with van der Waals surface area (Å²) in [6, 6.07) is 8.40. The molecule has 1 aromatic rings. The Hall–Kier alpha value is -1.06. The number of nitrogens with one attached hydrogen (secondary N) is 2. The van der Waals surface area contributed by atoms with Gasteiger partial charge in [0.2, 0.25) is 0 Å². The van der Waals surface area contributed by atoms with Gasteiger partial charge < -0.3 is 24.8 Å². The minimum Gasteiger partial charge on any atom is -0.493 e. The summed E-state index contributed by atoms with van der Waals surface area (Å²) < 4.78 is 17.0. The number of hydrogen-bond donors (Lipinski definition) is 2. The average molecular weight is 519 g/mol. The number of benzene rings is 1. The van der Waals surface area contributed by atoms with Gasteiger partial charge in [-0.05, 0) is 37.5 Å². The minimum absolute atomic E-state index is 0. The van der Waals surface area contributed by atoms with Gasteiger partial charge in [-0.15, -0.1) is 24.0 Å². The summed E-state index contributed by atoms with van der Waals surface area (Å²) in [5, 5.41) is 6.83. The number of halogens is 1. The Morgan fingerprint density at radius 2 is 1.83 bits per heavy atom. The summed E-state index contributed by atoms with van der Waals surface area (Å²) >= 11 is 0. The molecule has 0 bridgehead atoms. The van der Waals surface area contributed by atoms with E-state index in [0.717, 1.165) is 50.9 Å². The molecular weight excluding hydrogens is 481 g/mol. The molecule has 2 rings (SSSR count). The van der Waals surface area contributed by atoms with Crippen molar-refractivity contribution in [2.24, 2.45) is 10.9 Å². The molecule has 2 N–H and O–H groups in total. The molecule has 29 heavy (non-hydrogen) atoms. The fourth-order valence-corrected chi connectivity index (χ4v) is 3.12. The Morgan fingerprint density at radius 3 is 2.38 bits per heavy atom. The summed E-state index contributed by atoms with van der Waals surface area (Å²) in [7, 11) is 1.77. The van der Waals surface area contributed by atoms with Crippen LogP contribution in [0, 0.1) is 5.92 Å². The SMILES string of the molecule is CCNC(=NCC1(OC)CCOCC1)NC(C)c1ccc(OCC(C)C)cc1.I. The minimum atomic E-state index is -0.223. The fourth-order valence-electron chi connectivity index (χ4n) is 3.12. The van der Waals surface area contributed by atoms with E-state index in [1.807, 2.05) is 12.1 Å². The predicted molar refractivity (Wildman–Crippen MR) is 130 cm³/mol. The molecule has 166 valence electrons. The van der Waals surface area contributed by atoms with Gasteiger partial charge in [0, 0.05) is 39.7 Å². The van der Waals surface area contributed by atoms with Gasteiger partial charge in [0.15, 0.2) is 5.96 Å². The number of ether oxygens (including phenoxy) is 3. The summed E-state index contributed by atoms with van der Waals surface area (Å²) in [6.07, 6.45) is 1.75. The summed E-state index contributed by atoms with van der Waals surface area (Å²) in [5.41, 5.74) is 0.967. The van der Waals surface area contributed by atoms with Crippen LogP contribution < -0.4 is 15.4 Å². The second-order valence-electron chi connectivity index (χ2n) is 7.83. The smallest absolute Gasteiger partial charge is 0.191 e. The standard InChI is InChI=1S/C22H37N3O3.HI/c1-6-23-21(24-16-22(26-5)11-13-27-14-12-22)25-18(4)19-7-9-20(10-8-19)28-15-17(2)3;/h7-10,17-18H,6,11-16H2,1-5H3,(H2,23,24,25);1H. The van der Waals surface area contributed by atoms with Crippen molar-refractivity contribution in [1.82, 2.24) is 10.6 Å². The highest BCUT2D eigenvalue weighted by molar-refractivity contribution is 14.0. The molecule has 0 aliphatic carbocycles. The third-order valence-electron chi connectivity index (χ3n) is 5.02. The summed E-state index contributed by atoms with van der Waals surface area (Å²) in [5.74, 6) is 2.23. The second-order valence-corrected chi connectivity index (χ2v) is 7.83. The van der Waals surface area contributed by atoms with Crippen LogP contribution in [-0.4, -0.2) is 51.6 Å². The van der Waals surface area contributed by atoms with Crippen LogP contribution in [0.2, 0.25) is 0 Å². The molecule has 1 fully saturated rings. The van der Waals surface area contributed by atoms with Gasteiger partial charge >= 0.3 is 0 Å². The van der Waals surface area contributed by atoms with Crippen LogP contribution in [0.3, 0.4) is 0 Å². The largest absolute Gasteiger partial charge is 0.493 e. The Labute approximate surface area is 193 Å². The molecule has 1 saturated heterocycles. The lowest BCUT2D eigenvalue weighted by Gasteiger charge is -2.34. The lowest BCUT2D eigenvalue weighted by molar-refractivity contribution is -0.0828. The van der Waals surface area contributed by atoms with E-state index < -0.39 is 0 Å². The van der Waals surface area contributed by atoms with Crippen molar-refractivity contribution in [2.75, 3.05) is 40.0 Å². The number of methoxy groups -OCH3 is 1. The Kier molecular flexibility index (Phi) is 11.9. The van der Waals surface area contributed by atoms with E-state index in [1.165, 1.54) is 5.56 Å². The third kappa shape index (κ3) is 8.68. The van der Waals surface area contributed by atoms with E-state index >= 15 is 0 Å². The first-order valence-electron chi connectivity index (χ1n) is 10.4. The van der Waals surface area contributed by atoms with Crippen molar-refractivity contribution in [3.63, 3.8) is 0 Å². The van der Waals surface area contributed by atoms with E-state index in [-0.39, 0.29) is 35.6 Å². The molecule has 7 heteroatoms. The van der Waals surface area contributed by atoms with Crippen LogP contribution in [-0.2, 0) is 9.47 Å². The van der Waals surface area contributed by atoms with Crippen LogP contribution in [0.25, 0.3) is 0 Å². The Balaban J connectivity index is 0.00000420. The molecule has 0 aromatic heterocycles. The molecule has 1 aliphatic heterocycles. The zero-order chi connectivity index (χ0) is 20.4.